The van der Waals surface area contributed by atoms with Gasteiger partial charge in [0.05, 0.1) is 0 Å². The summed E-state index contributed by atoms with van der Waals surface area (Å²) in [4.78, 5) is 16.5. The van der Waals surface area contributed by atoms with E-state index < -0.39 is 0 Å². The van der Waals surface area contributed by atoms with Gasteiger partial charge in [0, 0.05) is 18.2 Å². The van der Waals surface area contributed by atoms with Crippen LogP contribution in [0, 0.1) is 24.7 Å². The maximum absolute atomic E-state index is 12.2. The van der Waals surface area contributed by atoms with Crippen molar-refractivity contribution in [3.63, 3.8) is 0 Å². The third kappa shape index (κ3) is 3.00. The fraction of sp³-hybridized carbons (Fsp3) is 0.786. The maximum Gasteiger partial charge on any atom is 0.223 e. The first-order chi connectivity index (χ1) is 9.74. The predicted molar refractivity (Wildman–Crippen MR) is 78.4 cm³/mol. The van der Waals surface area contributed by atoms with Crippen LogP contribution in [0.1, 0.15) is 37.9 Å². The second-order valence-electron chi connectivity index (χ2n) is 5.88. The van der Waals surface area contributed by atoms with Crippen LogP contribution in [-0.4, -0.2) is 33.4 Å². The lowest BCUT2D eigenvalue weighted by Gasteiger charge is -2.17. The Balaban J connectivity index is 1.39. The molecule has 0 aliphatic heterocycles. The number of amides is 1. The van der Waals surface area contributed by atoms with Gasteiger partial charge in [-0.2, -0.15) is 0 Å². The van der Waals surface area contributed by atoms with Gasteiger partial charge in [-0.15, -0.1) is 5.10 Å². The molecular weight excluding hydrogens is 272 g/mol. The highest BCUT2D eigenvalue weighted by Crippen LogP contribution is 2.47. The summed E-state index contributed by atoms with van der Waals surface area (Å²) in [6.45, 7) is 2.59. The van der Waals surface area contributed by atoms with E-state index in [1.165, 1.54) is 25.7 Å². The highest BCUT2D eigenvalue weighted by molar-refractivity contribution is 7.99. The average molecular weight is 294 g/mol. The third-order valence-electron chi connectivity index (χ3n) is 4.63. The Morgan fingerprint density at radius 2 is 2.30 bits per heavy atom. The van der Waals surface area contributed by atoms with Crippen molar-refractivity contribution >= 4 is 17.7 Å². The lowest BCUT2D eigenvalue weighted by atomic mass is 9.91. The van der Waals surface area contributed by atoms with Crippen LogP contribution in [-0.2, 0) is 4.79 Å². The maximum atomic E-state index is 12.2. The van der Waals surface area contributed by atoms with Crippen LogP contribution < -0.4 is 5.32 Å². The number of aryl methyl sites for hydroxylation is 1. The van der Waals surface area contributed by atoms with Crippen molar-refractivity contribution in [2.45, 2.75) is 44.2 Å². The Morgan fingerprint density at radius 3 is 3.10 bits per heavy atom. The van der Waals surface area contributed by atoms with Gasteiger partial charge in [0.1, 0.15) is 5.82 Å². The van der Waals surface area contributed by atoms with E-state index in [2.05, 4.69) is 20.5 Å². The highest BCUT2D eigenvalue weighted by atomic mass is 32.2. The summed E-state index contributed by atoms with van der Waals surface area (Å²) in [5, 5.41) is 10.7. The normalized spacial score (nSPS) is 28.6. The Kier molecular flexibility index (Phi) is 4.29. The summed E-state index contributed by atoms with van der Waals surface area (Å²) in [5.74, 6) is 3.69. The number of thioether (sulfide) groups is 1. The molecule has 2 aliphatic carbocycles. The number of rotatable bonds is 5. The number of aromatic nitrogens is 3. The molecule has 1 aromatic heterocycles. The van der Waals surface area contributed by atoms with Gasteiger partial charge < -0.3 is 5.32 Å². The second kappa shape index (κ2) is 6.16. The first kappa shape index (κ1) is 13.9. The van der Waals surface area contributed by atoms with E-state index >= 15 is 0 Å². The zero-order chi connectivity index (χ0) is 13.9. The standard InChI is InChI=1S/C14H22N4OS/c1-9-16-14(18-17-9)20-8-7-15-13(19)12-6-5-10-3-2-4-11(10)12/h10-12H,2-8H2,1H3,(H,15,19)(H,16,17,18)/t10-,11-,12-/m0/s1. The zero-order valence-corrected chi connectivity index (χ0v) is 12.7. The fourth-order valence-electron chi connectivity index (χ4n) is 3.72. The van der Waals surface area contributed by atoms with Crippen molar-refractivity contribution in [1.29, 1.82) is 0 Å². The van der Waals surface area contributed by atoms with Crippen LogP contribution in [0.15, 0.2) is 5.16 Å². The molecule has 20 heavy (non-hydrogen) atoms. The molecule has 110 valence electrons. The second-order valence-corrected chi connectivity index (χ2v) is 6.94. The van der Waals surface area contributed by atoms with Crippen LogP contribution in [0.4, 0.5) is 0 Å². The first-order valence-corrected chi connectivity index (χ1v) is 8.52. The molecule has 6 heteroatoms. The molecule has 2 N–H and O–H groups in total. The molecule has 5 nitrogen and oxygen atoms in total. The topological polar surface area (TPSA) is 70.7 Å². The third-order valence-corrected chi connectivity index (χ3v) is 5.48. The molecule has 1 aromatic rings. The van der Waals surface area contributed by atoms with Crippen molar-refractivity contribution in [3.05, 3.63) is 5.82 Å². The molecule has 2 saturated carbocycles. The molecule has 1 heterocycles. The van der Waals surface area contributed by atoms with Crippen molar-refractivity contribution in [2.75, 3.05) is 12.3 Å². The molecule has 0 radical (unpaired) electrons. The van der Waals surface area contributed by atoms with Crippen LogP contribution >= 0.6 is 11.8 Å². The van der Waals surface area contributed by atoms with Crippen LogP contribution in [0.2, 0.25) is 0 Å². The summed E-state index contributed by atoms with van der Waals surface area (Å²) >= 11 is 1.58. The number of hydrogen-bond donors (Lipinski definition) is 2. The fourth-order valence-corrected chi connectivity index (χ4v) is 4.42. The summed E-state index contributed by atoms with van der Waals surface area (Å²) in [5.41, 5.74) is 0. The molecule has 1 amide bonds. The van der Waals surface area contributed by atoms with Gasteiger partial charge in [0.2, 0.25) is 11.1 Å². The Morgan fingerprint density at radius 1 is 1.40 bits per heavy atom. The first-order valence-electron chi connectivity index (χ1n) is 7.53. The van der Waals surface area contributed by atoms with Gasteiger partial charge in [-0.05, 0) is 38.0 Å². The van der Waals surface area contributed by atoms with Gasteiger partial charge in [-0.25, -0.2) is 4.98 Å². The zero-order valence-electron chi connectivity index (χ0n) is 11.9. The van der Waals surface area contributed by atoms with Crippen molar-refractivity contribution in [3.8, 4) is 0 Å². The highest BCUT2D eigenvalue weighted by Gasteiger charge is 2.42. The number of nitrogens with one attached hydrogen (secondary N) is 2. The summed E-state index contributed by atoms with van der Waals surface area (Å²) < 4.78 is 0. The number of carbonyl (C=O) groups is 1. The number of carbonyl (C=O) groups excluding carboxylic acids is 1. The monoisotopic (exact) mass is 294 g/mol. The van der Waals surface area contributed by atoms with E-state index in [9.17, 15) is 4.79 Å². The molecular formula is C14H22N4OS. The molecule has 2 fully saturated rings. The van der Waals surface area contributed by atoms with Crippen LogP contribution in [0.5, 0.6) is 0 Å². The Bertz CT molecular complexity index is 475. The Labute approximate surface area is 123 Å². The van der Waals surface area contributed by atoms with Gasteiger partial charge in [-0.1, -0.05) is 24.6 Å². The average Bonchev–Trinajstić information content (AvgIpc) is 3.10. The lowest BCUT2D eigenvalue weighted by Crippen LogP contribution is -2.34. The Hall–Kier alpha value is -1.04. The lowest BCUT2D eigenvalue weighted by molar-refractivity contribution is -0.126. The SMILES string of the molecule is Cc1nc(SCCNC(=O)[C@H]2CC[C@@H]3CCC[C@@H]32)n[nH]1. The van der Waals surface area contributed by atoms with E-state index in [4.69, 9.17) is 0 Å². The van der Waals surface area contributed by atoms with E-state index in [1.807, 2.05) is 6.92 Å². The molecule has 3 rings (SSSR count). The summed E-state index contributed by atoms with van der Waals surface area (Å²) in [6, 6.07) is 0. The van der Waals surface area contributed by atoms with Crippen LogP contribution in [0.3, 0.4) is 0 Å². The van der Waals surface area contributed by atoms with E-state index in [0.29, 0.717) is 12.5 Å². The molecule has 0 saturated heterocycles. The molecule has 0 bridgehead atoms. The number of aromatic amines is 1. The van der Waals surface area contributed by atoms with Crippen LogP contribution in [0.25, 0.3) is 0 Å². The smallest absolute Gasteiger partial charge is 0.223 e. The van der Waals surface area contributed by atoms with Gasteiger partial charge in [0.15, 0.2) is 0 Å². The van der Waals surface area contributed by atoms with Crippen molar-refractivity contribution < 1.29 is 4.79 Å². The number of fused-ring (bicyclic) bond motifs is 1. The number of nitrogens with zero attached hydrogens (tertiary/aromatic N) is 2. The predicted octanol–water partition coefficient (Wildman–Crippen LogP) is 2.15. The minimum atomic E-state index is 0.270. The molecule has 0 spiro atoms. The van der Waals surface area contributed by atoms with Gasteiger partial charge in [0.25, 0.3) is 0 Å². The molecule has 3 atom stereocenters. The van der Waals surface area contributed by atoms with E-state index in [0.717, 1.165) is 29.1 Å². The molecule has 0 unspecified atom stereocenters. The minimum absolute atomic E-state index is 0.270. The van der Waals surface area contributed by atoms with Gasteiger partial charge >= 0.3 is 0 Å². The largest absolute Gasteiger partial charge is 0.355 e. The minimum Gasteiger partial charge on any atom is -0.355 e. The molecule has 0 aromatic carbocycles. The summed E-state index contributed by atoms with van der Waals surface area (Å²) in [6.07, 6.45) is 6.27. The van der Waals surface area contributed by atoms with Crippen molar-refractivity contribution in [1.82, 2.24) is 20.5 Å². The van der Waals surface area contributed by atoms with Crippen molar-refractivity contribution in [2.24, 2.45) is 17.8 Å². The van der Waals surface area contributed by atoms with Gasteiger partial charge in [-0.3, -0.25) is 9.89 Å². The molecule has 2 aliphatic rings. The van der Waals surface area contributed by atoms with E-state index in [-0.39, 0.29) is 11.8 Å². The van der Waals surface area contributed by atoms with E-state index in [1.54, 1.807) is 11.8 Å². The number of hydrogen-bond acceptors (Lipinski definition) is 4. The summed E-state index contributed by atoms with van der Waals surface area (Å²) in [7, 11) is 0. The quantitative estimate of drug-likeness (QED) is 0.645. The number of H-pyrrole nitrogens is 1.